The highest BCUT2D eigenvalue weighted by Gasteiger charge is 2.06. The van der Waals surface area contributed by atoms with Gasteiger partial charge in [0.15, 0.2) is 0 Å². The number of nitrogens with zero attached hydrogens (tertiary/aromatic N) is 2. The molecule has 0 aliphatic carbocycles. The van der Waals surface area contributed by atoms with Crippen molar-refractivity contribution in [2.75, 3.05) is 10.6 Å². The highest BCUT2D eigenvalue weighted by Crippen LogP contribution is 2.19. The molecule has 0 aromatic heterocycles. The molecule has 2 aromatic carbocycles. The highest BCUT2D eigenvalue weighted by molar-refractivity contribution is 5.58. The Kier molecular flexibility index (Phi) is 4.88. The van der Waals surface area contributed by atoms with Crippen LogP contribution in [0.3, 0.4) is 0 Å². The van der Waals surface area contributed by atoms with Gasteiger partial charge < -0.3 is 10.6 Å². The molecule has 0 atom stereocenters. The number of hydrogen-bond acceptors (Lipinski definition) is 6. The van der Waals surface area contributed by atoms with E-state index in [1.807, 2.05) is 6.92 Å². The van der Waals surface area contributed by atoms with E-state index in [0.29, 0.717) is 17.2 Å². The van der Waals surface area contributed by atoms with Crippen molar-refractivity contribution >= 4 is 22.7 Å². The van der Waals surface area contributed by atoms with E-state index in [0.717, 1.165) is 0 Å². The van der Waals surface area contributed by atoms with E-state index in [2.05, 4.69) is 10.6 Å². The summed E-state index contributed by atoms with van der Waals surface area (Å²) in [4.78, 5) is 20.3. The lowest BCUT2D eigenvalue weighted by Crippen LogP contribution is -2.09. The summed E-state index contributed by atoms with van der Waals surface area (Å²) in [5.74, 6) is 0.646. The average molecular weight is 314 g/mol. The molecule has 8 nitrogen and oxygen atoms in total. The van der Waals surface area contributed by atoms with Gasteiger partial charge in [-0.3, -0.25) is 20.2 Å². The minimum absolute atomic E-state index is 0.0147. The largest absolute Gasteiger partial charge is 0.342 e. The Hall–Kier alpha value is -3.42. The minimum Gasteiger partial charge on any atom is -0.342 e. The average Bonchev–Trinajstić information content (AvgIpc) is 2.55. The van der Waals surface area contributed by atoms with Crippen LogP contribution in [0.15, 0.2) is 60.4 Å². The predicted molar refractivity (Wildman–Crippen MR) is 87.2 cm³/mol. The zero-order chi connectivity index (χ0) is 16.8. The first-order valence-corrected chi connectivity index (χ1v) is 6.69. The van der Waals surface area contributed by atoms with Crippen molar-refractivity contribution in [3.63, 3.8) is 0 Å². The van der Waals surface area contributed by atoms with Gasteiger partial charge in [0.05, 0.1) is 9.85 Å². The molecule has 2 rings (SSSR count). The van der Waals surface area contributed by atoms with Gasteiger partial charge in [0.25, 0.3) is 11.4 Å². The molecule has 0 bridgehead atoms. The molecule has 0 amide bonds. The molecule has 0 unspecified atom stereocenters. The van der Waals surface area contributed by atoms with Gasteiger partial charge >= 0.3 is 0 Å². The zero-order valence-corrected chi connectivity index (χ0v) is 12.2. The van der Waals surface area contributed by atoms with Crippen LogP contribution in [-0.4, -0.2) is 9.85 Å². The maximum atomic E-state index is 10.6. The monoisotopic (exact) mass is 314 g/mol. The maximum Gasteiger partial charge on any atom is 0.269 e. The normalized spacial score (nSPS) is 9.78. The predicted octanol–water partition coefficient (Wildman–Crippen LogP) is 3.89. The van der Waals surface area contributed by atoms with Gasteiger partial charge in [-0.15, -0.1) is 0 Å². The third kappa shape index (κ3) is 4.27. The SMILES string of the molecule is CC=C(Nc1ccc([N+](=O)[O-])cc1)Nc1ccc([N+](=O)[O-])cc1. The fraction of sp³-hybridized carbons (Fsp3) is 0.0667. The summed E-state index contributed by atoms with van der Waals surface area (Å²) >= 11 is 0. The molecule has 0 spiro atoms. The topological polar surface area (TPSA) is 110 Å². The summed E-state index contributed by atoms with van der Waals surface area (Å²) < 4.78 is 0. The van der Waals surface area contributed by atoms with Crippen LogP contribution in [0.2, 0.25) is 0 Å². The van der Waals surface area contributed by atoms with Crippen molar-refractivity contribution in [1.82, 2.24) is 0 Å². The fourth-order valence-electron chi connectivity index (χ4n) is 1.82. The molecule has 0 fully saturated rings. The second kappa shape index (κ2) is 7.03. The number of nitro benzene ring substituents is 2. The number of hydrogen-bond donors (Lipinski definition) is 2. The van der Waals surface area contributed by atoms with E-state index in [-0.39, 0.29) is 11.4 Å². The molecule has 0 radical (unpaired) electrons. The second-order valence-electron chi connectivity index (χ2n) is 4.56. The molecule has 118 valence electrons. The Morgan fingerprint density at radius 2 is 1.17 bits per heavy atom. The Bertz CT molecular complexity index is 678. The molecule has 0 aliphatic rings. The zero-order valence-electron chi connectivity index (χ0n) is 12.2. The van der Waals surface area contributed by atoms with Crippen molar-refractivity contribution in [2.45, 2.75) is 6.92 Å². The molecule has 2 aromatic rings. The van der Waals surface area contributed by atoms with Gasteiger partial charge in [-0.25, -0.2) is 0 Å². The molecular weight excluding hydrogens is 300 g/mol. The number of non-ortho nitro benzene ring substituents is 2. The van der Waals surface area contributed by atoms with Crippen molar-refractivity contribution in [2.24, 2.45) is 0 Å². The number of nitro groups is 2. The first kappa shape index (κ1) is 16.0. The molecule has 2 N–H and O–H groups in total. The molecule has 8 heteroatoms. The van der Waals surface area contributed by atoms with Crippen LogP contribution >= 0.6 is 0 Å². The highest BCUT2D eigenvalue weighted by atomic mass is 16.6. The summed E-state index contributed by atoms with van der Waals surface area (Å²) in [6, 6.07) is 12.0. The van der Waals surface area contributed by atoms with Gasteiger partial charge in [-0.05, 0) is 37.3 Å². The van der Waals surface area contributed by atoms with Crippen LogP contribution in [0.4, 0.5) is 22.7 Å². The Balaban J connectivity index is 2.05. The molecule has 0 aliphatic heterocycles. The summed E-state index contributed by atoms with van der Waals surface area (Å²) in [5.41, 5.74) is 1.39. The Morgan fingerprint density at radius 3 is 1.43 bits per heavy atom. The molecular formula is C15H14N4O4. The van der Waals surface area contributed by atoms with Gasteiger partial charge in [-0.2, -0.15) is 0 Å². The van der Waals surface area contributed by atoms with E-state index in [1.165, 1.54) is 24.3 Å². The third-order valence-electron chi connectivity index (χ3n) is 3.00. The van der Waals surface area contributed by atoms with Crippen LogP contribution < -0.4 is 10.6 Å². The van der Waals surface area contributed by atoms with E-state index in [1.54, 1.807) is 30.3 Å². The number of nitrogens with one attached hydrogen (secondary N) is 2. The number of anilines is 2. The van der Waals surface area contributed by atoms with E-state index in [9.17, 15) is 20.2 Å². The van der Waals surface area contributed by atoms with Gasteiger partial charge in [0.2, 0.25) is 0 Å². The van der Waals surface area contributed by atoms with Gasteiger partial charge in [0.1, 0.15) is 5.82 Å². The van der Waals surface area contributed by atoms with Gasteiger partial charge in [-0.1, -0.05) is 0 Å². The lowest BCUT2D eigenvalue weighted by Gasteiger charge is -2.13. The van der Waals surface area contributed by atoms with Crippen LogP contribution in [0, 0.1) is 20.2 Å². The van der Waals surface area contributed by atoms with E-state index in [4.69, 9.17) is 0 Å². The van der Waals surface area contributed by atoms with E-state index >= 15 is 0 Å². The summed E-state index contributed by atoms with van der Waals surface area (Å²) in [6.45, 7) is 1.81. The lowest BCUT2D eigenvalue weighted by molar-refractivity contribution is -0.385. The number of allylic oxidation sites excluding steroid dienone is 1. The number of rotatable bonds is 6. The van der Waals surface area contributed by atoms with Crippen molar-refractivity contribution in [3.05, 3.63) is 80.7 Å². The van der Waals surface area contributed by atoms with Crippen LogP contribution in [0.1, 0.15) is 6.92 Å². The van der Waals surface area contributed by atoms with Crippen LogP contribution in [-0.2, 0) is 0 Å². The molecule has 23 heavy (non-hydrogen) atoms. The van der Waals surface area contributed by atoms with Gasteiger partial charge in [0, 0.05) is 35.6 Å². The minimum atomic E-state index is -0.463. The first-order chi connectivity index (χ1) is 11.0. The van der Waals surface area contributed by atoms with Crippen molar-refractivity contribution in [1.29, 1.82) is 0 Å². The summed E-state index contributed by atoms with van der Waals surface area (Å²) in [7, 11) is 0. The second-order valence-corrected chi connectivity index (χ2v) is 4.56. The van der Waals surface area contributed by atoms with Crippen LogP contribution in [0.5, 0.6) is 0 Å². The van der Waals surface area contributed by atoms with Crippen molar-refractivity contribution in [3.8, 4) is 0 Å². The molecule has 0 saturated carbocycles. The number of benzene rings is 2. The summed E-state index contributed by atoms with van der Waals surface area (Å²) in [5, 5.41) is 27.4. The maximum absolute atomic E-state index is 10.6. The Labute approximate surface area is 131 Å². The van der Waals surface area contributed by atoms with Crippen molar-refractivity contribution < 1.29 is 9.85 Å². The summed E-state index contributed by atoms with van der Waals surface area (Å²) in [6.07, 6.45) is 1.78. The smallest absolute Gasteiger partial charge is 0.269 e. The van der Waals surface area contributed by atoms with Crippen LogP contribution in [0.25, 0.3) is 0 Å². The third-order valence-corrected chi connectivity index (χ3v) is 3.00. The fourth-order valence-corrected chi connectivity index (χ4v) is 1.82. The quantitative estimate of drug-likeness (QED) is 0.618. The lowest BCUT2D eigenvalue weighted by atomic mass is 10.2. The molecule has 0 saturated heterocycles. The molecule has 0 heterocycles. The van der Waals surface area contributed by atoms with E-state index < -0.39 is 9.85 Å². The standard InChI is InChI=1S/C15H14N4O4/c1-2-15(16-11-3-7-13(8-4-11)18(20)21)17-12-5-9-14(10-6-12)19(22)23/h2-10,16-17H,1H3. The first-order valence-electron chi connectivity index (χ1n) is 6.69. The Morgan fingerprint density at radius 1 is 0.826 bits per heavy atom.